The summed E-state index contributed by atoms with van der Waals surface area (Å²) >= 11 is 0. The molecule has 0 radical (unpaired) electrons. The van der Waals surface area contributed by atoms with Crippen LogP contribution in [0.1, 0.15) is 72.1 Å². The highest BCUT2D eigenvalue weighted by Crippen LogP contribution is 2.45. The van der Waals surface area contributed by atoms with Crippen molar-refractivity contribution in [2.24, 2.45) is 11.3 Å². The van der Waals surface area contributed by atoms with Gasteiger partial charge >= 0.3 is 12.0 Å². The average Bonchev–Trinajstić information content (AvgIpc) is 3.56. The number of hydrogen-bond donors (Lipinski definition) is 4. The smallest absolute Gasteiger partial charge is 0.330 e. The maximum Gasteiger partial charge on any atom is 0.330 e. The Hall–Kier alpha value is -5.22. The first-order chi connectivity index (χ1) is 28.6. The number of carbonyl (C=O) groups excluding carboxylic acids is 3. The summed E-state index contributed by atoms with van der Waals surface area (Å²) in [7, 11) is -1.86. The number of nitrogens with zero attached hydrogens (tertiary/aromatic N) is 3. The van der Waals surface area contributed by atoms with Crippen molar-refractivity contribution in [1.82, 2.24) is 30.1 Å². The van der Waals surface area contributed by atoms with Gasteiger partial charge in [0.15, 0.2) is 0 Å². The average molecular weight is 845 g/mol. The Morgan fingerprint density at radius 3 is 2.55 bits per heavy atom. The van der Waals surface area contributed by atoms with E-state index >= 15 is 0 Å². The quantitative estimate of drug-likeness (QED) is 0.216. The van der Waals surface area contributed by atoms with Gasteiger partial charge in [-0.15, -0.1) is 0 Å². The second-order valence-corrected chi connectivity index (χ2v) is 19.6. The standard InChI is InChI=1S/C44H56N6O9S/c1-43(2,3)38(27-49-20-13-21-60(49,56)57)47-42(55)46-33-17-12-7-5-6-11-16-29-25-44(29,41(53)54)48-39(51)36-23-31(26-50(36)40(33)52)59-37-24-34(28-14-9-8-10-15-28)45-35-22-30(58-4)18-19-32(35)37/h8-11,14-16,18-19,22,24,29,31,33,36,38H,5-7,12-13,17,20-21,23,25-27H2,1-4H3,(H,48,51)(H,53,54)(H2,46,47,55)/b16-11-/t29?,31-,33+,36+,38?,44-/m1/s1. The molecule has 7 rings (SSSR count). The number of aromatic nitrogens is 1. The fourth-order valence-electron chi connectivity index (χ4n) is 8.48. The number of pyridine rings is 1. The summed E-state index contributed by atoms with van der Waals surface area (Å²) in [6.45, 7) is 6.19. The molecule has 4 aliphatic rings. The number of carbonyl (C=O) groups is 4. The van der Waals surface area contributed by atoms with E-state index in [-0.39, 0.29) is 44.0 Å². The van der Waals surface area contributed by atoms with Gasteiger partial charge in [-0.05, 0) is 49.7 Å². The first-order valence-electron chi connectivity index (χ1n) is 20.9. The highest BCUT2D eigenvalue weighted by Gasteiger charge is 2.61. The fraction of sp³-hybridized carbons (Fsp3) is 0.523. The minimum absolute atomic E-state index is 0.0157. The van der Waals surface area contributed by atoms with Gasteiger partial charge in [0.2, 0.25) is 21.8 Å². The van der Waals surface area contributed by atoms with Gasteiger partial charge in [-0.3, -0.25) is 9.59 Å². The van der Waals surface area contributed by atoms with Gasteiger partial charge in [-0.2, -0.15) is 4.31 Å². The van der Waals surface area contributed by atoms with Gasteiger partial charge in [-0.1, -0.05) is 76.1 Å². The second kappa shape index (κ2) is 17.4. The maximum atomic E-state index is 14.8. The molecule has 3 fully saturated rings. The van der Waals surface area contributed by atoms with E-state index in [2.05, 4.69) is 16.0 Å². The molecule has 6 atom stereocenters. The molecule has 3 aliphatic heterocycles. The van der Waals surface area contributed by atoms with Crippen LogP contribution < -0.4 is 25.4 Å². The van der Waals surface area contributed by atoms with Crippen LogP contribution in [0.15, 0.2) is 66.7 Å². The van der Waals surface area contributed by atoms with E-state index in [9.17, 15) is 32.7 Å². The molecular formula is C44H56N6O9S. The number of rotatable bonds is 9. The summed E-state index contributed by atoms with van der Waals surface area (Å²) in [4.78, 5) is 62.0. The van der Waals surface area contributed by atoms with Crippen LogP contribution in [-0.2, 0) is 24.4 Å². The largest absolute Gasteiger partial charge is 0.497 e. The molecular weight excluding hydrogens is 789 g/mol. The molecule has 1 saturated carbocycles. The molecule has 4 heterocycles. The van der Waals surface area contributed by atoms with Gasteiger partial charge in [-0.25, -0.2) is 23.0 Å². The molecule has 1 aromatic heterocycles. The molecule has 16 heteroatoms. The van der Waals surface area contributed by atoms with Crippen molar-refractivity contribution >= 4 is 44.7 Å². The number of sulfonamides is 1. The van der Waals surface area contributed by atoms with Crippen molar-refractivity contribution in [3.05, 3.63) is 66.7 Å². The summed E-state index contributed by atoms with van der Waals surface area (Å²) in [6.07, 6.45) is 7.05. The Morgan fingerprint density at radius 2 is 1.85 bits per heavy atom. The topological polar surface area (TPSA) is 197 Å². The summed E-state index contributed by atoms with van der Waals surface area (Å²) in [5.41, 5.74) is 0.107. The third-order valence-corrected chi connectivity index (χ3v) is 14.1. The van der Waals surface area contributed by atoms with Crippen molar-refractivity contribution in [1.29, 1.82) is 0 Å². The number of hydrogen-bond acceptors (Lipinski definition) is 9. The minimum atomic E-state index is -3.43. The highest BCUT2D eigenvalue weighted by atomic mass is 32.2. The zero-order chi connectivity index (χ0) is 42.8. The van der Waals surface area contributed by atoms with Crippen LogP contribution in [0.2, 0.25) is 0 Å². The molecule has 4 amide bonds. The molecule has 15 nitrogen and oxygen atoms in total. The van der Waals surface area contributed by atoms with Gasteiger partial charge in [0.1, 0.15) is 35.2 Å². The van der Waals surface area contributed by atoms with Crippen molar-refractivity contribution in [3.63, 3.8) is 0 Å². The number of benzene rings is 2. The lowest BCUT2D eigenvalue weighted by atomic mass is 9.86. The van der Waals surface area contributed by atoms with Crippen molar-refractivity contribution in [2.45, 2.75) is 102 Å². The Labute approximate surface area is 351 Å². The van der Waals surface area contributed by atoms with Gasteiger partial charge in [0.05, 0.1) is 30.6 Å². The number of urea groups is 1. The molecule has 0 bridgehead atoms. The number of allylic oxidation sites excluding steroid dienone is 1. The molecule has 2 saturated heterocycles. The van der Waals surface area contributed by atoms with Gasteiger partial charge in [0, 0.05) is 54.6 Å². The Kier molecular flexibility index (Phi) is 12.4. The molecule has 322 valence electrons. The zero-order valence-corrected chi connectivity index (χ0v) is 35.5. The van der Waals surface area contributed by atoms with E-state index < -0.39 is 69.0 Å². The Balaban J connectivity index is 1.19. The van der Waals surface area contributed by atoms with Crippen LogP contribution in [-0.4, -0.2) is 114 Å². The number of fused-ring (bicyclic) bond motifs is 3. The second-order valence-electron chi connectivity index (χ2n) is 17.5. The summed E-state index contributed by atoms with van der Waals surface area (Å²) in [5.74, 6) is -1.48. The predicted molar refractivity (Wildman–Crippen MR) is 226 cm³/mol. The number of amides is 4. The van der Waals surface area contributed by atoms with Crippen LogP contribution >= 0.6 is 0 Å². The first kappa shape index (κ1) is 42.9. The van der Waals surface area contributed by atoms with Crippen LogP contribution in [0.4, 0.5) is 4.79 Å². The Morgan fingerprint density at radius 1 is 1.07 bits per heavy atom. The van der Waals surface area contributed by atoms with E-state index in [1.54, 1.807) is 13.2 Å². The molecule has 0 spiro atoms. The number of aliphatic carboxylic acids is 1. The summed E-state index contributed by atoms with van der Waals surface area (Å²) in [5, 5.41) is 19.7. The van der Waals surface area contributed by atoms with Crippen LogP contribution in [0.25, 0.3) is 22.2 Å². The summed E-state index contributed by atoms with van der Waals surface area (Å²) < 4.78 is 39.0. The molecule has 4 N–H and O–H groups in total. The van der Waals surface area contributed by atoms with E-state index in [0.29, 0.717) is 53.9 Å². The normalized spacial score (nSPS) is 27.0. The molecule has 1 aliphatic carbocycles. The van der Waals surface area contributed by atoms with Crippen molar-refractivity contribution in [3.8, 4) is 22.8 Å². The van der Waals surface area contributed by atoms with Gasteiger partial charge < -0.3 is 35.4 Å². The monoisotopic (exact) mass is 844 g/mol. The predicted octanol–water partition coefficient (Wildman–Crippen LogP) is 4.86. The van der Waals surface area contributed by atoms with Crippen LogP contribution in [0, 0.1) is 11.3 Å². The molecule has 3 aromatic rings. The molecule has 2 aromatic carbocycles. The third kappa shape index (κ3) is 9.39. The number of carboxylic acids is 1. The van der Waals surface area contributed by atoms with Gasteiger partial charge in [0.25, 0.3) is 0 Å². The van der Waals surface area contributed by atoms with E-state index in [4.69, 9.17) is 14.5 Å². The highest BCUT2D eigenvalue weighted by molar-refractivity contribution is 7.89. The van der Waals surface area contributed by atoms with Crippen molar-refractivity contribution in [2.75, 3.05) is 32.5 Å². The Bertz CT molecular complexity index is 2250. The van der Waals surface area contributed by atoms with E-state index in [1.807, 2.05) is 81.5 Å². The van der Waals surface area contributed by atoms with Crippen molar-refractivity contribution < 1.29 is 42.2 Å². The number of carboxylic acid groups (broad SMARTS) is 1. The first-order valence-corrected chi connectivity index (χ1v) is 22.5. The van der Waals surface area contributed by atoms with E-state index in [0.717, 1.165) is 18.4 Å². The maximum absolute atomic E-state index is 14.8. The van der Waals surface area contributed by atoms with E-state index in [1.165, 1.54) is 9.21 Å². The fourth-order valence-corrected chi connectivity index (χ4v) is 10.0. The number of methoxy groups -OCH3 is 1. The molecule has 2 unspecified atom stereocenters. The number of nitrogens with one attached hydrogen (secondary N) is 3. The minimum Gasteiger partial charge on any atom is -0.497 e. The van der Waals surface area contributed by atoms with Crippen LogP contribution in [0.5, 0.6) is 11.5 Å². The zero-order valence-electron chi connectivity index (χ0n) is 34.7. The summed E-state index contributed by atoms with van der Waals surface area (Å²) in [6, 6.07) is 13.5. The number of ether oxygens (including phenoxy) is 2. The SMILES string of the molecule is COc1ccc2c(O[C@@H]3C[C@H]4C(=O)N[C@]5(C(=O)O)CC5/C=C\CCCCC[C@H](NC(=O)NC(CN5CCCS5(=O)=O)C(C)(C)C)C(=O)N4C3)cc(-c3ccccc3)nc2c1. The lowest BCUT2D eigenvalue weighted by Gasteiger charge is -2.35. The lowest BCUT2D eigenvalue weighted by Crippen LogP contribution is -2.59. The third-order valence-electron chi connectivity index (χ3n) is 12.2. The molecule has 60 heavy (non-hydrogen) atoms. The van der Waals surface area contributed by atoms with Crippen LogP contribution in [0.3, 0.4) is 0 Å². The lowest BCUT2D eigenvalue weighted by molar-refractivity contribution is -0.145.